The number of ether oxygens (including phenoxy) is 1. The van der Waals surface area contributed by atoms with Crippen LogP contribution in [0.3, 0.4) is 0 Å². The predicted octanol–water partition coefficient (Wildman–Crippen LogP) is 2.04. The van der Waals surface area contributed by atoms with E-state index >= 15 is 0 Å². The van der Waals surface area contributed by atoms with Crippen molar-refractivity contribution in [2.24, 2.45) is 0 Å². The van der Waals surface area contributed by atoms with Gasteiger partial charge in [0.05, 0.1) is 7.11 Å². The van der Waals surface area contributed by atoms with Crippen LogP contribution in [0.15, 0.2) is 36.4 Å². The van der Waals surface area contributed by atoms with Crippen LogP contribution < -0.4 is 10.5 Å². The van der Waals surface area contributed by atoms with Gasteiger partial charge in [0.2, 0.25) is 0 Å². The Morgan fingerprint density at radius 2 is 2.11 bits per heavy atom. The van der Waals surface area contributed by atoms with Crippen molar-refractivity contribution < 1.29 is 14.6 Å². The molecule has 0 atom stereocenters. The summed E-state index contributed by atoms with van der Waals surface area (Å²) in [5.74, 6) is -0.278. The van der Waals surface area contributed by atoms with Crippen LogP contribution in [-0.2, 0) is 0 Å². The first-order valence-electron chi connectivity index (χ1n) is 5.26. The average Bonchev–Trinajstić information content (AvgIpc) is 2.38. The molecule has 0 aliphatic rings. The summed E-state index contributed by atoms with van der Waals surface area (Å²) in [7, 11) is 1.55. The van der Waals surface area contributed by atoms with Crippen molar-refractivity contribution >= 4 is 11.8 Å². The van der Waals surface area contributed by atoms with Crippen molar-refractivity contribution in [2.45, 2.75) is 0 Å². The van der Waals surface area contributed by atoms with Gasteiger partial charge in [0.1, 0.15) is 11.6 Å². The van der Waals surface area contributed by atoms with E-state index in [4.69, 9.17) is 15.6 Å². The molecule has 1 aromatic carbocycles. The van der Waals surface area contributed by atoms with Crippen molar-refractivity contribution in [3.8, 4) is 16.9 Å². The van der Waals surface area contributed by atoms with Crippen LogP contribution in [0.2, 0.25) is 0 Å². The van der Waals surface area contributed by atoms with Crippen LogP contribution in [0.4, 0.5) is 5.82 Å². The molecular weight excluding hydrogens is 232 g/mol. The maximum Gasteiger partial charge on any atom is 0.355 e. The number of carbonyl (C=O) groups is 1. The maximum atomic E-state index is 11.2. The molecule has 1 aromatic heterocycles. The van der Waals surface area contributed by atoms with Gasteiger partial charge >= 0.3 is 5.97 Å². The molecule has 0 saturated heterocycles. The van der Waals surface area contributed by atoms with E-state index in [0.717, 1.165) is 5.56 Å². The SMILES string of the molecule is COc1cccc(-c2ccc(N)nc2C(=O)O)c1. The fourth-order valence-corrected chi connectivity index (χ4v) is 1.66. The van der Waals surface area contributed by atoms with Crippen molar-refractivity contribution in [3.05, 3.63) is 42.1 Å². The predicted molar refractivity (Wildman–Crippen MR) is 67.6 cm³/mol. The van der Waals surface area contributed by atoms with Gasteiger partial charge in [0, 0.05) is 5.56 Å². The molecule has 0 radical (unpaired) electrons. The number of carboxylic acid groups (broad SMARTS) is 1. The minimum Gasteiger partial charge on any atom is -0.497 e. The van der Waals surface area contributed by atoms with E-state index < -0.39 is 5.97 Å². The molecule has 0 spiro atoms. The van der Waals surface area contributed by atoms with Crippen LogP contribution in [-0.4, -0.2) is 23.2 Å². The summed E-state index contributed by atoms with van der Waals surface area (Å²) in [6.45, 7) is 0. The standard InChI is InChI=1S/C13H12N2O3/c1-18-9-4-2-3-8(7-9)10-5-6-11(14)15-12(10)13(16)17/h2-7H,1H3,(H2,14,15)(H,16,17). The van der Waals surface area contributed by atoms with Gasteiger partial charge in [0.25, 0.3) is 0 Å². The third kappa shape index (κ3) is 2.24. The van der Waals surface area contributed by atoms with Gasteiger partial charge in [-0.2, -0.15) is 0 Å². The molecular formula is C13H12N2O3. The fourth-order valence-electron chi connectivity index (χ4n) is 1.66. The van der Waals surface area contributed by atoms with Gasteiger partial charge in [-0.3, -0.25) is 0 Å². The Kier molecular flexibility index (Phi) is 3.14. The molecule has 5 heteroatoms. The van der Waals surface area contributed by atoms with Gasteiger partial charge in [0.15, 0.2) is 5.69 Å². The first kappa shape index (κ1) is 11.9. The highest BCUT2D eigenvalue weighted by Crippen LogP contribution is 2.26. The summed E-state index contributed by atoms with van der Waals surface area (Å²) in [6.07, 6.45) is 0. The molecule has 0 amide bonds. The molecule has 0 unspecified atom stereocenters. The Morgan fingerprint density at radius 1 is 1.33 bits per heavy atom. The maximum absolute atomic E-state index is 11.2. The van der Waals surface area contributed by atoms with Crippen LogP contribution in [0.25, 0.3) is 11.1 Å². The third-order valence-corrected chi connectivity index (χ3v) is 2.50. The molecule has 2 rings (SSSR count). The van der Waals surface area contributed by atoms with Crippen molar-refractivity contribution in [1.29, 1.82) is 0 Å². The molecule has 3 N–H and O–H groups in total. The van der Waals surface area contributed by atoms with Crippen LogP contribution in [0, 0.1) is 0 Å². The minimum atomic E-state index is -1.11. The Labute approximate surface area is 104 Å². The number of nitrogens with zero attached hydrogens (tertiary/aromatic N) is 1. The van der Waals surface area contributed by atoms with Gasteiger partial charge < -0.3 is 15.6 Å². The highest BCUT2D eigenvalue weighted by atomic mass is 16.5. The lowest BCUT2D eigenvalue weighted by Crippen LogP contribution is -2.05. The second-order valence-electron chi connectivity index (χ2n) is 3.67. The van der Waals surface area contributed by atoms with Crippen LogP contribution >= 0.6 is 0 Å². The molecule has 1 heterocycles. The first-order chi connectivity index (χ1) is 8.61. The lowest BCUT2D eigenvalue weighted by Gasteiger charge is -2.08. The summed E-state index contributed by atoms with van der Waals surface area (Å²) in [4.78, 5) is 15.0. The molecule has 0 saturated carbocycles. The Bertz CT molecular complexity index is 597. The van der Waals surface area contributed by atoms with Gasteiger partial charge in [-0.15, -0.1) is 0 Å². The number of aromatic nitrogens is 1. The van der Waals surface area contributed by atoms with E-state index in [9.17, 15) is 4.79 Å². The van der Waals surface area contributed by atoms with Crippen molar-refractivity contribution in [1.82, 2.24) is 4.98 Å². The topological polar surface area (TPSA) is 85.4 Å². The molecule has 0 aliphatic carbocycles. The molecule has 18 heavy (non-hydrogen) atoms. The zero-order valence-electron chi connectivity index (χ0n) is 9.75. The Balaban J connectivity index is 2.59. The average molecular weight is 244 g/mol. The number of nitrogen functional groups attached to an aromatic ring is 1. The summed E-state index contributed by atoms with van der Waals surface area (Å²) >= 11 is 0. The third-order valence-electron chi connectivity index (χ3n) is 2.50. The lowest BCUT2D eigenvalue weighted by atomic mass is 10.0. The number of benzene rings is 1. The van der Waals surface area contributed by atoms with E-state index in [2.05, 4.69) is 4.98 Å². The normalized spacial score (nSPS) is 10.1. The number of carboxylic acids is 1. The number of hydrogen-bond donors (Lipinski definition) is 2. The number of anilines is 1. The second kappa shape index (κ2) is 4.75. The summed E-state index contributed by atoms with van der Waals surface area (Å²) in [6, 6.07) is 10.3. The molecule has 0 bridgehead atoms. The van der Waals surface area contributed by atoms with Crippen LogP contribution in [0.5, 0.6) is 5.75 Å². The summed E-state index contributed by atoms with van der Waals surface area (Å²) < 4.78 is 5.11. The number of nitrogens with two attached hydrogens (primary N) is 1. The Hall–Kier alpha value is -2.56. The smallest absolute Gasteiger partial charge is 0.355 e. The van der Waals surface area contributed by atoms with E-state index in [-0.39, 0.29) is 11.5 Å². The highest BCUT2D eigenvalue weighted by Gasteiger charge is 2.14. The fraction of sp³-hybridized carbons (Fsp3) is 0.0769. The van der Waals surface area contributed by atoms with E-state index in [0.29, 0.717) is 11.3 Å². The quantitative estimate of drug-likeness (QED) is 0.862. The summed E-state index contributed by atoms with van der Waals surface area (Å²) in [5.41, 5.74) is 6.67. The van der Waals surface area contributed by atoms with E-state index in [1.807, 2.05) is 0 Å². The zero-order chi connectivity index (χ0) is 13.1. The molecule has 0 fully saturated rings. The van der Waals surface area contributed by atoms with Crippen molar-refractivity contribution in [3.63, 3.8) is 0 Å². The van der Waals surface area contributed by atoms with Crippen molar-refractivity contribution in [2.75, 3.05) is 12.8 Å². The number of pyridine rings is 1. The minimum absolute atomic E-state index is 0.0664. The van der Waals surface area contributed by atoms with Gasteiger partial charge in [-0.1, -0.05) is 12.1 Å². The molecule has 2 aromatic rings. The number of aromatic carboxylic acids is 1. The second-order valence-corrected chi connectivity index (χ2v) is 3.67. The van der Waals surface area contributed by atoms with Gasteiger partial charge in [-0.25, -0.2) is 9.78 Å². The number of rotatable bonds is 3. The first-order valence-corrected chi connectivity index (χ1v) is 5.26. The van der Waals surface area contributed by atoms with E-state index in [1.54, 1.807) is 43.5 Å². The van der Waals surface area contributed by atoms with Gasteiger partial charge in [-0.05, 0) is 29.8 Å². The zero-order valence-corrected chi connectivity index (χ0v) is 9.75. The Morgan fingerprint density at radius 3 is 2.78 bits per heavy atom. The summed E-state index contributed by atoms with van der Waals surface area (Å²) in [5, 5.41) is 9.13. The lowest BCUT2D eigenvalue weighted by molar-refractivity contribution is 0.0691. The number of hydrogen-bond acceptors (Lipinski definition) is 4. The molecule has 5 nitrogen and oxygen atoms in total. The molecule has 0 aliphatic heterocycles. The number of methoxy groups -OCH3 is 1. The molecule has 92 valence electrons. The highest BCUT2D eigenvalue weighted by molar-refractivity contribution is 5.94. The largest absolute Gasteiger partial charge is 0.497 e. The van der Waals surface area contributed by atoms with Crippen LogP contribution in [0.1, 0.15) is 10.5 Å². The van der Waals surface area contributed by atoms with E-state index in [1.165, 1.54) is 0 Å². The monoisotopic (exact) mass is 244 g/mol.